The molecule has 0 aliphatic carbocycles. The van der Waals surface area contributed by atoms with Gasteiger partial charge in [-0.25, -0.2) is 4.79 Å². The lowest BCUT2D eigenvalue weighted by Crippen LogP contribution is -2.33. The highest BCUT2D eigenvalue weighted by Crippen LogP contribution is 2.20. The van der Waals surface area contributed by atoms with E-state index in [4.69, 9.17) is 5.11 Å². The Balaban J connectivity index is 2.74. The molecule has 1 aromatic heterocycles. The van der Waals surface area contributed by atoms with Crippen molar-refractivity contribution in [3.63, 3.8) is 0 Å². The first-order chi connectivity index (χ1) is 8.02. The smallest absolute Gasteiger partial charge is 0.337 e. The van der Waals surface area contributed by atoms with Crippen LogP contribution in [0, 0.1) is 12.1 Å². The van der Waals surface area contributed by atoms with Gasteiger partial charge in [-0.05, 0) is 12.1 Å². The summed E-state index contributed by atoms with van der Waals surface area (Å²) in [4.78, 5) is 10.7. The van der Waals surface area contributed by atoms with Gasteiger partial charge in [0, 0.05) is 18.4 Å². The molecule has 0 aliphatic rings. The van der Waals surface area contributed by atoms with Crippen LogP contribution in [0.3, 0.4) is 0 Å². The number of para-hydroxylation sites is 1. The zero-order valence-electron chi connectivity index (χ0n) is 9.12. The van der Waals surface area contributed by atoms with Gasteiger partial charge in [0.2, 0.25) is 5.52 Å². The van der Waals surface area contributed by atoms with Gasteiger partial charge in [-0.15, -0.1) is 0 Å². The second kappa shape index (κ2) is 4.03. The maximum Gasteiger partial charge on any atom is 0.337 e. The normalized spacial score (nSPS) is 12.6. The second-order valence-electron chi connectivity index (χ2n) is 3.78. The van der Waals surface area contributed by atoms with E-state index < -0.39 is 12.1 Å². The van der Waals surface area contributed by atoms with Crippen LogP contribution < -0.4 is 4.73 Å². The zero-order chi connectivity index (χ0) is 12.6. The van der Waals surface area contributed by atoms with Crippen LogP contribution in [-0.2, 0) is 4.79 Å². The predicted octanol–water partition coefficient (Wildman–Crippen LogP) is 0.900. The van der Waals surface area contributed by atoms with E-state index in [-0.39, 0.29) is 11.3 Å². The van der Waals surface area contributed by atoms with Crippen molar-refractivity contribution in [1.29, 1.82) is 0 Å². The average molecular weight is 233 g/mol. The predicted molar refractivity (Wildman–Crippen MR) is 60.2 cm³/mol. The van der Waals surface area contributed by atoms with Crippen LogP contribution in [0.15, 0.2) is 30.3 Å². The maximum absolute atomic E-state index is 11.9. The molecule has 1 unspecified atom stereocenters. The Hall–Kier alpha value is -2.14. The summed E-state index contributed by atoms with van der Waals surface area (Å²) < 4.78 is 0.636. The summed E-state index contributed by atoms with van der Waals surface area (Å²) in [7, 11) is 0. The van der Waals surface area contributed by atoms with Gasteiger partial charge >= 0.3 is 5.97 Å². The van der Waals surface area contributed by atoms with Crippen LogP contribution in [0.2, 0.25) is 0 Å². The molecule has 0 bridgehead atoms. The molecule has 1 atom stereocenters. The van der Waals surface area contributed by atoms with E-state index >= 15 is 0 Å². The average Bonchev–Trinajstić information content (AvgIpc) is 2.33. The molecule has 0 spiro atoms. The fourth-order valence-corrected chi connectivity index (χ4v) is 1.77. The molecular weight excluding hydrogens is 222 g/mol. The molecule has 5 heteroatoms. The summed E-state index contributed by atoms with van der Waals surface area (Å²) in [6.45, 7) is 1.49. The number of aliphatic carboxylic acids is 1. The van der Waals surface area contributed by atoms with Crippen LogP contribution in [0.1, 0.15) is 17.4 Å². The maximum atomic E-state index is 11.9. The molecule has 0 radical (unpaired) electrons. The number of carboxylic acid groups (broad SMARTS) is 1. The molecule has 2 aromatic rings. The van der Waals surface area contributed by atoms with E-state index in [0.29, 0.717) is 15.6 Å². The van der Waals surface area contributed by atoms with Gasteiger partial charge in [0.1, 0.15) is 0 Å². The van der Waals surface area contributed by atoms with Crippen LogP contribution in [0.4, 0.5) is 0 Å². The van der Waals surface area contributed by atoms with Crippen LogP contribution in [0.25, 0.3) is 10.9 Å². The SMILES string of the molecule is Cc1c(C(O)C(=O)O)cc2ccccc2[n+]1[O-]. The van der Waals surface area contributed by atoms with Crippen molar-refractivity contribution < 1.29 is 19.7 Å². The number of aliphatic hydroxyl groups is 1. The van der Waals surface area contributed by atoms with Crippen molar-refractivity contribution >= 4 is 16.9 Å². The molecule has 2 rings (SSSR count). The number of hydrogen-bond donors (Lipinski definition) is 2. The highest BCUT2D eigenvalue weighted by molar-refractivity contribution is 5.80. The number of aliphatic hydroxyl groups excluding tert-OH is 1. The first-order valence-corrected chi connectivity index (χ1v) is 5.05. The monoisotopic (exact) mass is 233 g/mol. The zero-order valence-corrected chi connectivity index (χ0v) is 9.12. The van der Waals surface area contributed by atoms with Gasteiger partial charge < -0.3 is 15.4 Å². The lowest BCUT2D eigenvalue weighted by atomic mass is 10.0. The summed E-state index contributed by atoms with van der Waals surface area (Å²) in [5.41, 5.74) is 0.760. The summed E-state index contributed by atoms with van der Waals surface area (Å²) in [6.07, 6.45) is -1.68. The number of rotatable bonds is 2. The Morgan fingerprint density at radius 3 is 2.71 bits per heavy atom. The first-order valence-electron chi connectivity index (χ1n) is 5.05. The quantitative estimate of drug-likeness (QED) is 0.596. The highest BCUT2D eigenvalue weighted by Gasteiger charge is 2.24. The second-order valence-corrected chi connectivity index (χ2v) is 3.78. The molecule has 0 saturated heterocycles. The van der Waals surface area contributed by atoms with Gasteiger partial charge in [0.05, 0.1) is 5.56 Å². The van der Waals surface area contributed by atoms with Crippen molar-refractivity contribution in [3.8, 4) is 0 Å². The van der Waals surface area contributed by atoms with E-state index in [1.807, 2.05) is 0 Å². The first kappa shape index (κ1) is 11.3. The van der Waals surface area contributed by atoms with E-state index in [2.05, 4.69) is 0 Å². The molecule has 1 aromatic carbocycles. The Morgan fingerprint density at radius 1 is 1.41 bits per heavy atom. The molecule has 0 fully saturated rings. The van der Waals surface area contributed by atoms with Gasteiger partial charge in [0.25, 0.3) is 0 Å². The van der Waals surface area contributed by atoms with Gasteiger partial charge in [0.15, 0.2) is 11.8 Å². The van der Waals surface area contributed by atoms with Gasteiger partial charge in [-0.2, -0.15) is 4.73 Å². The minimum Gasteiger partial charge on any atom is -0.618 e. The fraction of sp³-hybridized carbons (Fsp3) is 0.167. The Bertz CT molecular complexity index is 594. The topological polar surface area (TPSA) is 84.5 Å². The molecule has 0 saturated carbocycles. The summed E-state index contributed by atoms with van der Waals surface area (Å²) in [5, 5.41) is 30.8. The number of carboxylic acids is 1. The van der Waals surface area contributed by atoms with Crippen molar-refractivity contribution in [2.75, 3.05) is 0 Å². The van der Waals surface area contributed by atoms with Crippen molar-refractivity contribution in [2.24, 2.45) is 0 Å². The number of aromatic nitrogens is 1. The number of benzene rings is 1. The Labute approximate surface area is 97.1 Å². The third-order valence-electron chi connectivity index (χ3n) is 2.72. The molecule has 0 aliphatic heterocycles. The van der Waals surface area contributed by atoms with Crippen LogP contribution in [0.5, 0.6) is 0 Å². The van der Waals surface area contributed by atoms with E-state index in [1.165, 1.54) is 13.0 Å². The minimum absolute atomic E-state index is 0.117. The van der Waals surface area contributed by atoms with Gasteiger partial charge in [-0.1, -0.05) is 12.1 Å². The number of pyridine rings is 1. The van der Waals surface area contributed by atoms with Gasteiger partial charge in [-0.3, -0.25) is 0 Å². The third kappa shape index (κ3) is 1.81. The van der Waals surface area contributed by atoms with E-state index in [0.717, 1.165) is 0 Å². The lowest BCUT2D eigenvalue weighted by molar-refractivity contribution is -0.584. The number of hydrogen-bond acceptors (Lipinski definition) is 3. The van der Waals surface area contributed by atoms with Crippen LogP contribution >= 0.6 is 0 Å². The molecule has 5 nitrogen and oxygen atoms in total. The molecular formula is C12H11NO4. The summed E-state index contributed by atoms with van der Waals surface area (Å²) in [6, 6.07) is 8.34. The Kier molecular flexibility index (Phi) is 2.69. The summed E-state index contributed by atoms with van der Waals surface area (Å²) >= 11 is 0. The molecule has 17 heavy (non-hydrogen) atoms. The van der Waals surface area contributed by atoms with E-state index in [9.17, 15) is 15.1 Å². The third-order valence-corrected chi connectivity index (χ3v) is 2.72. The lowest BCUT2D eigenvalue weighted by Gasteiger charge is -2.11. The minimum atomic E-state index is -1.68. The summed E-state index contributed by atoms with van der Waals surface area (Å²) in [5.74, 6) is -1.37. The number of nitrogens with zero attached hydrogens (tertiary/aromatic N) is 1. The molecule has 0 amide bonds. The standard InChI is InChI=1S/C12H11NO4/c1-7-9(11(14)12(15)16)6-8-4-2-3-5-10(8)13(7)17/h2-6,11,14H,1H3,(H,15,16). The fourth-order valence-electron chi connectivity index (χ4n) is 1.77. The number of carbonyl (C=O) groups is 1. The highest BCUT2D eigenvalue weighted by atomic mass is 16.5. The number of fused-ring (bicyclic) bond motifs is 1. The van der Waals surface area contributed by atoms with Crippen LogP contribution in [-0.4, -0.2) is 16.2 Å². The van der Waals surface area contributed by atoms with Crippen molar-refractivity contribution in [3.05, 3.63) is 46.8 Å². The van der Waals surface area contributed by atoms with Crippen molar-refractivity contribution in [1.82, 2.24) is 0 Å². The van der Waals surface area contributed by atoms with E-state index in [1.54, 1.807) is 24.3 Å². The van der Waals surface area contributed by atoms with Crippen molar-refractivity contribution in [2.45, 2.75) is 13.0 Å². The molecule has 88 valence electrons. The Morgan fingerprint density at radius 2 is 2.06 bits per heavy atom. The largest absolute Gasteiger partial charge is 0.618 e. The molecule has 1 heterocycles. The molecule has 2 N–H and O–H groups in total.